The highest BCUT2D eigenvalue weighted by molar-refractivity contribution is 7.28. The zero-order valence-corrected chi connectivity index (χ0v) is 15.3. The molecule has 9 heteroatoms. The third-order valence-electron chi connectivity index (χ3n) is 3.76. The van der Waals surface area contributed by atoms with Crippen molar-refractivity contribution < 1.29 is 4.79 Å². The summed E-state index contributed by atoms with van der Waals surface area (Å²) < 4.78 is 10.5. The van der Waals surface area contributed by atoms with Crippen molar-refractivity contribution in [3.8, 4) is 0 Å². The van der Waals surface area contributed by atoms with Crippen LogP contribution in [0.4, 0.5) is 5.13 Å². The van der Waals surface area contributed by atoms with Crippen molar-refractivity contribution in [3.05, 3.63) is 40.9 Å². The topological polar surface area (TPSA) is 80.7 Å². The first-order valence-electron chi connectivity index (χ1n) is 7.38. The first-order chi connectivity index (χ1) is 12.2. The maximum Gasteiger partial charge on any atom is 0.257 e. The molecule has 0 aliphatic rings. The van der Waals surface area contributed by atoms with Gasteiger partial charge < -0.3 is 0 Å². The van der Waals surface area contributed by atoms with E-state index in [0.29, 0.717) is 10.7 Å². The number of hydrogen-bond donors (Lipinski definition) is 1. The Morgan fingerprint density at radius 3 is 2.52 bits per heavy atom. The Bertz CT molecular complexity index is 1270. The molecular formula is C16H9N5OS3. The number of aryl methyl sites for hydroxylation is 1. The van der Waals surface area contributed by atoms with Crippen LogP contribution in [0, 0.1) is 6.92 Å². The summed E-state index contributed by atoms with van der Waals surface area (Å²) in [5.41, 5.74) is 3.90. The van der Waals surface area contributed by atoms with Gasteiger partial charge in [0, 0.05) is 5.56 Å². The van der Waals surface area contributed by atoms with Crippen LogP contribution in [0.1, 0.15) is 15.4 Å². The lowest BCUT2D eigenvalue weighted by atomic mass is 10.2. The molecule has 0 saturated heterocycles. The van der Waals surface area contributed by atoms with Gasteiger partial charge in [-0.25, -0.2) is 9.97 Å². The molecule has 0 atom stereocenters. The summed E-state index contributed by atoms with van der Waals surface area (Å²) in [7, 11) is 0. The zero-order valence-electron chi connectivity index (χ0n) is 12.8. The number of benzene rings is 2. The third-order valence-corrected chi connectivity index (χ3v) is 6.45. The largest absolute Gasteiger partial charge is 0.298 e. The molecule has 1 amide bonds. The van der Waals surface area contributed by atoms with Gasteiger partial charge in [-0.3, -0.25) is 10.1 Å². The van der Waals surface area contributed by atoms with E-state index in [1.54, 1.807) is 29.5 Å². The molecule has 0 fully saturated rings. The van der Waals surface area contributed by atoms with Gasteiger partial charge in [-0.15, -0.1) is 11.3 Å². The van der Waals surface area contributed by atoms with Crippen molar-refractivity contribution in [3.63, 3.8) is 0 Å². The molecule has 0 bridgehead atoms. The van der Waals surface area contributed by atoms with Crippen LogP contribution in [-0.2, 0) is 0 Å². The number of rotatable bonds is 2. The molecule has 122 valence electrons. The minimum Gasteiger partial charge on any atom is -0.298 e. The minimum atomic E-state index is -0.203. The lowest BCUT2D eigenvalue weighted by Crippen LogP contribution is -2.11. The van der Waals surface area contributed by atoms with Gasteiger partial charge in [0.05, 0.1) is 37.2 Å². The van der Waals surface area contributed by atoms with Crippen LogP contribution in [0.25, 0.3) is 31.5 Å². The van der Waals surface area contributed by atoms with Crippen LogP contribution >= 0.6 is 34.4 Å². The highest BCUT2D eigenvalue weighted by Gasteiger charge is 2.14. The van der Waals surface area contributed by atoms with Gasteiger partial charge in [0.15, 0.2) is 5.13 Å². The third kappa shape index (κ3) is 2.48. The normalized spacial score (nSPS) is 11.6. The first-order valence-corrected chi connectivity index (χ1v) is 9.74. The van der Waals surface area contributed by atoms with Gasteiger partial charge in [0.25, 0.3) is 5.91 Å². The number of carbonyl (C=O) groups is 1. The summed E-state index contributed by atoms with van der Waals surface area (Å²) in [4.78, 5) is 21.6. The van der Waals surface area contributed by atoms with Gasteiger partial charge in [-0.05, 0) is 37.3 Å². The summed E-state index contributed by atoms with van der Waals surface area (Å²) in [5, 5.41) is 4.48. The second-order valence-electron chi connectivity index (χ2n) is 5.44. The second kappa shape index (κ2) is 5.51. The van der Waals surface area contributed by atoms with Gasteiger partial charge in [-0.1, -0.05) is 11.3 Å². The van der Waals surface area contributed by atoms with E-state index in [1.165, 1.54) is 11.3 Å². The van der Waals surface area contributed by atoms with E-state index >= 15 is 0 Å². The number of hydrogen-bond acceptors (Lipinski definition) is 8. The Labute approximate surface area is 153 Å². The Morgan fingerprint density at radius 1 is 0.920 bits per heavy atom. The fourth-order valence-electron chi connectivity index (χ4n) is 2.63. The number of nitrogens with one attached hydrogen (secondary N) is 1. The SMILES string of the molecule is Cc1nc2ccc3nc(NC(=O)c4ccc5nsnc5c4)sc3c2s1. The van der Waals surface area contributed by atoms with E-state index in [-0.39, 0.29) is 5.91 Å². The van der Waals surface area contributed by atoms with Crippen LogP contribution in [0.5, 0.6) is 0 Å². The molecule has 2 aromatic carbocycles. The van der Waals surface area contributed by atoms with Crippen molar-refractivity contribution in [1.29, 1.82) is 0 Å². The van der Waals surface area contributed by atoms with Gasteiger partial charge in [-0.2, -0.15) is 8.75 Å². The maximum absolute atomic E-state index is 12.5. The fraction of sp³-hybridized carbons (Fsp3) is 0.0625. The standard InChI is InChI=1S/C16H9N5OS3/c1-7-17-10-4-5-11-14(13(10)23-7)24-16(18-11)19-15(22)8-2-3-9-12(6-8)21-25-20-9/h2-6H,1H3,(H,18,19,22). The molecule has 0 saturated carbocycles. The van der Waals surface area contributed by atoms with Gasteiger partial charge in [0.2, 0.25) is 0 Å². The molecule has 5 aromatic rings. The first kappa shape index (κ1) is 14.8. The smallest absolute Gasteiger partial charge is 0.257 e. The Kier molecular flexibility index (Phi) is 3.27. The average Bonchev–Trinajstić information content (AvgIpc) is 3.29. The molecule has 0 radical (unpaired) electrons. The van der Waals surface area contributed by atoms with E-state index in [9.17, 15) is 4.79 Å². The summed E-state index contributed by atoms with van der Waals surface area (Å²) >= 11 is 4.25. The van der Waals surface area contributed by atoms with Crippen LogP contribution < -0.4 is 5.32 Å². The predicted molar refractivity (Wildman–Crippen MR) is 103 cm³/mol. The molecule has 0 aliphatic carbocycles. The lowest BCUT2D eigenvalue weighted by Gasteiger charge is -2.00. The number of fused-ring (bicyclic) bond motifs is 4. The van der Waals surface area contributed by atoms with Crippen molar-refractivity contribution in [2.45, 2.75) is 6.92 Å². The van der Waals surface area contributed by atoms with Crippen molar-refractivity contribution in [1.82, 2.24) is 18.7 Å². The highest BCUT2D eigenvalue weighted by atomic mass is 32.1. The minimum absolute atomic E-state index is 0.203. The van der Waals surface area contributed by atoms with E-state index in [4.69, 9.17) is 0 Å². The maximum atomic E-state index is 12.5. The van der Waals surface area contributed by atoms with E-state index in [2.05, 4.69) is 24.0 Å². The van der Waals surface area contributed by atoms with Crippen LogP contribution in [0.15, 0.2) is 30.3 Å². The molecule has 1 N–H and O–H groups in total. The van der Waals surface area contributed by atoms with Crippen LogP contribution in [0.2, 0.25) is 0 Å². The number of nitrogens with zero attached hydrogens (tertiary/aromatic N) is 4. The molecule has 0 unspecified atom stereocenters. The molecule has 0 aliphatic heterocycles. The lowest BCUT2D eigenvalue weighted by molar-refractivity contribution is 0.102. The highest BCUT2D eigenvalue weighted by Crippen LogP contribution is 2.35. The molecule has 3 aromatic heterocycles. The molecule has 0 spiro atoms. The Morgan fingerprint density at radius 2 is 1.64 bits per heavy atom. The molecule has 3 heterocycles. The number of anilines is 1. The molecular weight excluding hydrogens is 374 g/mol. The van der Waals surface area contributed by atoms with E-state index in [0.717, 1.165) is 48.2 Å². The number of thiazole rings is 2. The summed E-state index contributed by atoms with van der Waals surface area (Å²) in [5.74, 6) is -0.203. The number of aromatic nitrogens is 4. The number of amides is 1. The quantitative estimate of drug-likeness (QED) is 0.486. The molecule has 5 rings (SSSR count). The van der Waals surface area contributed by atoms with Crippen LogP contribution in [0.3, 0.4) is 0 Å². The molecule has 25 heavy (non-hydrogen) atoms. The van der Waals surface area contributed by atoms with Crippen molar-refractivity contribution in [2.75, 3.05) is 5.32 Å². The van der Waals surface area contributed by atoms with Crippen molar-refractivity contribution in [2.24, 2.45) is 0 Å². The van der Waals surface area contributed by atoms with Gasteiger partial charge in [0.1, 0.15) is 11.0 Å². The number of carbonyl (C=O) groups excluding carboxylic acids is 1. The Hall–Kier alpha value is -2.49. The summed E-state index contributed by atoms with van der Waals surface area (Å²) in [6.07, 6.45) is 0. The predicted octanol–water partition coefficient (Wildman–Crippen LogP) is 4.47. The second-order valence-corrected chi connectivity index (χ2v) is 8.17. The fourth-order valence-corrected chi connectivity index (χ4v) is 5.15. The zero-order chi connectivity index (χ0) is 17.0. The van der Waals surface area contributed by atoms with Crippen molar-refractivity contribution >= 4 is 76.9 Å². The van der Waals surface area contributed by atoms with Gasteiger partial charge >= 0.3 is 0 Å². The average molecular weight is 383 g/mol. The Balaban J connectivity index is 1.52. The van der Waals surface area contributed by atoms with E-state index < -0.39 is 0 Å². The van der Waals surface area contributed by atoms with E-state index in [1.807, 2.05) is 19.1 Å². The summed E-state index contributed by atoms with van der Waals surface area (Å²) in [6.45, 7) is 1.99. The monoisotopic (exact) mass is 383 g/mol. The summed E-state index contributed by atoms with van der Waals surface area (Å²) in [6, 6.07) is 9.20. The molecule has 6 nitrogen and oxygen atoms in total. The van der Waals surface area contributed by atoms with Crippen LogP contribution in [-0.4, -0.2) is 24.6 Å².